The molecule has 0 radical (unpaired) electrons. The number of methoxy groups -OCH3 is 1. The number of nitrogens with zero attached hydrogens (tertiary/aromatic N) is 2. The maximum absolute atomic E-state index is 5.64. The van der Waals surface area contributed by atoms with Crippen LogP contribution < -0.4 is 5.32 Å². The van der Waals surface area contributed by atoms with Crippen molar-refractivity contribution in [3.8, 4) is 0 Å². The molecule has 1 N–H and O–H groups in total. The molecule has 17 heavy (non-hydrogen) atoms. The predicted molar refractivity (Wildman–Crippen MR) is 67.9 cm³/mol. The molecule has 2 unspecified atom stereocenters. The standard InChI is InChI=1S/C13H23N3O/c1-14-12(13(17-3)11-5-6-11)7-4-10-8-15-16(2)9-10/h8-9,11-14H,4-7H2,1-3H3. The molecule has 1 aliphatic rings. The second kappa shape index (κ2) is 5.65. The summed E-state index contributed by atoms with van der Waals surface area (Å²) in [5, 5.41) is 7.60. The monoisotopic (exact) mass is 237 g/mol. The number of rotatable bonds is 7. The first kappa shape index (κ1) is 12.6. The van der Waals surface area contributed by atoms with Crippen molar-refractivity contribution in [2.75, 3.05) is 14.2 Å². The Morgan fingerprint density at radius 2 is 2.35 bits per heavy atom. The topological polar surface area (TPSA) is 39.1 Å². The Kier molecular flexibility index (Phi) is 4.18. The lowest BCUT2D eigenvalue weighted by atomic mass is 9.99. The van der Waals surface area contributed by atoms with Crippen molar-refractivity contribution < 1.29 is 4.74 Å². The van der Waals surface area contributed by atoms with Crippen LogP contribution in [0.5, 0.6) is 0 Å². The van der Waals surface area contributed by atoms with Gasteiger partial charge in [0.05, 0.1) is 12.3 Å². The van der Waals surface area contributed by atoms with Gasteiger partial charge in [-0.15, -0.1) is 0 Å². The third kappa shape index (κ3) is 3.30. The molecule has 2 rings (SSSR count). The van der Waals surface area contributed by atoms with Gasteiger partial charge in [-0.25, -0.2) is 0 Å². The predicted octanol–water partition coefficient (Wildman–Crippen LogP) is 1.37. The van der Waals surface area contributed by atoms with Crippen LogP contribution in [0.2, 0.25) is 0 Å². The number of aryl methyl sites for hydroxylation is 2. The van der Waals surface area contributed by atoms with E-state index in [0.717, 1.165) is 18.8 Å². The third-order valence-electron chi connectivity index (χ3n) is 3.63. The molecule has 1 aromatic rings. The van der Waals surface area contributed by atoms with Gasteiger partial charge in [0.1, 0.15) is 0 Å². The summed E-state index contributed by atoms with van der Waals surface area (Å²) in [6.45, 7) is 0. The molecule has 0 bridgehead atoms. The number of likely N-dealkylation sites (N-methyl/N-ethyl adjacent to an activating group) is 1. The SMILES string of the molecule is CNC(CCc1cnn(C)c1)C(OC)C1CC1. The molecule has 0 aliphatic heterocycles. The fraction of sp³-hybridized carbons (Fsp3) is 0.769. The average Bonchev–Trinajstić information content (AvgIpc) is 3.08. The molecule has 1 aromatic heterocycles. The number of hydrogen-bond donors (Lipinski definition) is 1. The smallest absolute Gasteiger partial charge is 0.0752 e. The van der Waals surface area contributed by atoms with E-state index in [1.807, 2.05) is 32.1 Å². The minimum atomic E-state index is 0.372. The Labute approximate surface area is 103 Å². The highest BCUT2D eigenvalue weighted by Crippen LogP contribution is 2.36. The van der Waals surface area contributed by atoms with Crippen LogP contribution in [-0.2, 0) is 18.2 Å². The van der Waals surface area contributed by atoms with E-state index in [1.165, 1.54) is 18.4 Å². The van der Waals surface area contributed by atoms with Crippen molar-refractivity contribution >= 4 is 0 Å². The van der Waals surface area contributed by atoms with Crippen LogP contribution in [0.25, 0.3) is 0 Å². The average molecular weight is 237 g/mol. The highest BCUT2D eigenvalue weighted by Gasteiger charge is 2.35. The molecule has 0 spiro atoms. The Balaban J connectivity index is 1.86. The van der Waals surface area contributed by atoms with E-state index in [9.17, 15) is 0 Å². The summed E-state index contributed by atoms with van der Waals surface area (Å²) in [5.41, 5.74) is 1.30. The second-order valence-electron chi connectivity index (χ2n) is 4.99. The molecule has 0 saturated heterocycles. The molecule has 0 amide bonds. The van der Waals surface area contributed by atoms with E-state index in [2.05, 4.69) is 16.6 Å². The van der Waals surface area contributed by atoms with Crippen LogP contribution >= 0.6 is 0 Å². The van der Waals surface area contributed by atoms with Crippen molar-refractivity contribution in [2.24, 2.45) is 13.0 Å². The molecule has 1 heterocycles. The van der Waals surface area contributed by atoms with Crippen molar-refractivity contribution in [3.63, 3.8) is 0 Å². The van der Waals surface area contributed by atoms with Gasteiger partial charge in [0.15, 0.2) is 0 Å². The van der Waals surface area contributed by atoms with Crippen LogP contribution in [0.1, 0.15) is 24.8 Å². The zero-order valence-corrected chi connectivity index (χ0v) is 11.0. The quantitative estimate of drug-likeness (QED) is 0.778. The van der Waals surface area contributed by atoms with Crippen LogP contribution in [0.4, 0.5) is 0 Å². The molecule has 2 atom stereocenters. The van der Waals surface area contributed by atoms with E-state index >= 15 is 0 Å². The van der Waals surface area contributed by atoms with Crippen molar-refractivity contribution in [1.82, 2.24) is 15.1 Å². The summed E-state index contributed by atoms with van der Waals surface area (Å²) < 4.78 is 7.50. The first-order chi connectivity index (χ1) is 8.24. The molecule has 4 heteroatoms. The van der Waals surface area contributed by atoms with Gasteiger partial charge in [-0.3, -0.25) is 4.68 Å². The summed E-state index contributed by atoms with van der Waals surface area (Å²) in [7, 11) is 5.82. The number of nitrogens with one attached hydrogen (secondary N) is 1. The molecule has 0 aromatic carbocycles. The lowest BCUT2D eigenvalue weighted by Crippen LogP contribution is -2.40. The van der Waals surface area contributed by atoms with Gasteiger partial charge in [-0.05, 0) is 44.2 Å². The maximum atomic E-state index is 5.64. The summed E-state index contributed by atoms with van der Waals surface area (Å²) in [6, 6.07) is 0.452. The Hall–Kier alpha value is -0.870. The van der Waals surface area contributed by atoms with Crippen LogP contribution in [0, 0.1) is 5.92 Å². The van der Waals surface area contributed by atoms with E-state index in [0.29, 0.717) is 12.1 Å². The minimum absolute atomic E-state index is 0.372. The molecule has 1 saturated carbocycles. The first-order valence-electron chi connectivity index (χ1n) is 6.42. The van der Waals surface area contributed by atoms with Crippen molar-refractivity contribution in [3.05, 3.63) is 18.0 Å². The van der Waals surface area contributed by atoms with E-state index in [-0.39, 0.29) is 0 Å². The summed E-state index contributed by atoms with van der Waals surface area (Å²) >= 11 is 0. The largest absolute Gasteiger partial charge is 0.380 e. The van der Waals surface area contributed by atoms with Gasteiger partial charge in [0, 0.05) is 26.4 Å². The number of hydrogen-bond acceptors (Lipinski definition) is 3. The zero-order chi connectivity index (χ0) is 12.3. The summed E-state index contributed by atoms with van der Waals surface area (Å²) in [5.74, 6) is 0.770. The Bertz CT molecular complexity index is 346. The molecular formula is C13H23N3O. The minimum Gasteiger partial charge on any atom is -0.380 e. The van der Waals surface area contributed by atoms with Crippen LogP contribution in [0.3, 0.4) is 0 Å². The highest BCUT2D eigenvalue weighted by atomic mass is 16.5. The van der Waals surface area contributed by atoms with Crippen LogP contribution in [0.15, 0.2) is 12.4 Å². The van der Waals surface area contributed by atoms with Gasteiger partial charge >= 0.3 is 0 Å². The maximum Gasteiger partial charge on any atom is 0.0752 e. The summed E-state index contributed by atoms with van der Waals surface area (Å²) in [4.78, 5) is 0. The fourth-order valence-electron chi connectivity index (χ4n) is 2.51. The molecule has 4 nitrogen and oxygen atoms in total. The zero-order valence-electron chi connectivity index (χ0n) is 11.0. The third-order valence-corrected chi connectivity index (χ3v) is 3.63. The normalized spacial score (nSPS) is 19.2. The van der Waals surface area contributed by atoms with Crippen molar-refractivity contribution in [1.29, 1.82) is 0 Å². The van der Waals surface area contributed by atoms with Gasteiger partial charge in [0.2, 0.25) is 0 Å². The molecular weight excluding hydrogens is 214 g/mol. The van der Waals surface area contributed by atoms with Gasteiger partial charge < -0.3 is 10.1 Å². The first-order valence-corrected chi connectivity index (χ1v) is 6.42. The molecule has 1 fully saturated rings. The number of aromatic nitrogens is 2. The Morgan fingerprint density at radius 1 is 1.59 bits per heavy atom. The lowest BCUT2D eigenvalue weighted by Gasteiger charge is -2.25. The molecule has 96 valence electrons. The van der Waals surface area contributed by atoms with Gasteiger partial charge in [0.25, 0.3) is 0 Å². The molecule has 1 aliphatic carbocycles. The highest BCUT2D eigenvalue weighted by molar-refractivity contribution is 5.04. The van der Waals surface area contributed by atoms with E-state index in [4.69, 9.17) is 4.74 Å². The second-order valence-corrected chi connectivity index (χ2v) is 4.99. The van der Waals surface area contributed by atoms with Crippen LogP contribution in [-0.4, -0.2) is 36.1 Å². The Morgan fingerprint density at radius 3 is 2.82 bits per heavy atom. The van der Waals surface area contributed by atoms with E-state index in [1.54, 1.807) is 0 Å². The van der Waals surface area contributed by atoms with E-state index < -0.39 is 0 Å². The van der Waals surface area contributed by atoms with Crippen molar-refractivity contribution in [2.45, 2.75) is 37.8 Å². The van der Waals surface area contributed by atoms with Gasteiger partial charge in [-0.1, -0.05) is 0 Å². The lowest BCUT2D eigenvalue weighted by molar-refractivity contribution is 0.0508. The van der Waals surface area contributed by atoms with Gasteiger partial charge in [-0.2, -0.15) is 5.10 Å². The number of ether oxygens (including phenoxy) is 1. The summed E-state index contributed by atoms with van der Waals surface area (Å²) in [6.07, 6.45) is 9.23. The fourth-order valence-corrected chi connectivity index (χ4v) is 2.51.